The molecule has 1 aromatic rings. The zero-order valence-electron chi connectivity index (χ0n) is 12.4. The maximum atomic E-state index is 12.2. The minimum absolute atomic E-state index is 0. The van der Waals surface area contributed by atoms with Crippen LogP contribution >= 0.6 is 12.4 Å². The molecule has 1 amide bonds. The molecule has 5 heteroatoms. The number of methoxy groups -OCH3 is 1. The molecule has 3 N–H and O–H groups in total. The molecule has 0 saturated carbocycles. The van der Waals surface area contributed by atoms with Gasteiger partial charge in [-0.15, -0.1) is 12.4 Å². The number of halogens is 1. The molecule has 4 nitrogen and oxygen atoms in total. The molecule has 0 saturated heterocycles. The molecule has 20 heavy (non-hydrogen) atoms. The van der Waals surface area contributed by atoms with Crippen LogP contribution in [-0.2, 0) is 4.74 Å². The first kappa shape index (κ1) is 18.7. The van der Waals surface area contributed by atoms with Crippen LogP contribution in [-0.4, -0.2) is 25.7 Å². The predicted octanol–water partition coefficient (Wildman–Crippen LogP) is 2.93. The molecule has 1 aromatic carbocycles. The fraction of sp³-hybridized carbons (Fsp3) is 0.533. The van der Waals surface area contributed by atoms with Gasteiger partial charge in [-0.2, -0.15) is 0 Å². The highest BCUT2D eigenvalue weighted by Crippen LogP contribution is 2.13. The molecule has 0 aliphatic rings. The van der Waals surface area contributed by atoms with E-state index in [0.29, 0.717) is 17.9 Å². The Kier molecular flexibility index (Phi) is 9.01. The molecule has 0 aliphatic carbocycles. The molecule has 0 spiro atoms. The second kappa shape index (κ2) is 9.61. The van der Waals surface area contributed by atoms with Gasteiger partial charge in [-0.1, -0.05) is 25.8 Å². The van der Waals surface area contributed by atoms with Crippen LogP contribution in [0.5, 0.6) is 0 Å². The van der Waals surface area contributed by atoms with E-state index in [4.69, 9.17) is 10.5 Å². The number of nitrogen functional groups attached to an aromatic ring is 1. The number of aryl methyl sites for hydroxylation is 1. The number of rotatable bonds is 7. The van der Waals surface area contributed by atoms with E-state index in [2.05, 4.69) is 12.2 Å². The summed E-state index contributed by atoms with van der Waals surface area (Å²) in [5.41, 5.74) is 7.90. The molecule has 1 rings (SSSR count). The number of anilines is 1. The lowest BCUT2D eigenvalue weighted by molar-refractivity contribution is 0.0890. The van der Waals surface area contributed by atoms with Crippen molar-refractivity contribution in [2.75, 3.05) is 19.5 Å². The monoisotopic (exact) mass is 300 g/mol. The Morgan fingerprint density at radius 1 is 1.45 bits per heavy atom. The van der Waals surface area contributed by atoms with Gasteiger partial charge in [0.2, 0.25) is 0 Å². The Labute approximate surface area is 127 Å². The van der Waals surface area contributed by atoms with Crippen LogP contribution in [0.25, 0.3) is 0 Å². The first-order chi connectivity index (χ1) is 9.08. The van der Waals surface area contributed by atoms with Crippen molar-refractivity contribution in [1.82, 2.24) is 5.32 Å². The molecule has 1 unspecified atom stereocenters. The Balaban J connectivity index is 0.00000361. The summed E-state index contributed by atoms with van der Waals surface area (Å²) in [6.07, 6.45) is 3.11. The van der Waals surface area contributed by atoms with Gasteiger partial charge in [0.05, 0.1) is 12.6 Å². The number of carbonyl (C=O) groups excluding carboxylic acids is 1. The van der Waals surface area contributed by atoms with Crippen molar-refractivity contribution in [3.05, 3.63) is 29.3 Å². The van der Waals surface area contributed by atoms with Crippen LogP contribution in [0, 0.1) is 6.92 Å². The van der Waals surface area contributed by atoms with Gasteiger partial charge in [-0.3, -0.25) is 4.79 Å². The number of unbranched alkanes of at least 4 members (excludes halogenated alkanes) is 1. The van der Waals surface area contributed by atoms with Gasteiger partial charge in [-0.25, -0.2) is 0 Å². The molecule has 0 bridgehead atoms. The zero-order valence-corrected chi connectivity index (χ0v) is 13.3. The zero-order chi connectivity index (χ0) is 14.3. The number of hydrogen-bond acceptors (Lipinski definition) is 3. The second-order valence-electron chi connectivity index (χ2n) is 4.84. The quantitative estimate of drug-likeness (QED) is 0.761. The standard InChI is InChI=1S/C15H24N2O2.ClH/c1-4-5-6-13(10-19-3)17-15(18)14-9-12(16)8-7-11(14)2;/h7-9,13H,4-6,10,16H2,1-3H3,(H,17,18);1H. The first-order valence-corrected chi connectivity index (χ1v) is 6.74. The van der Waals surface area contributed by atoms with Crippen LogP contribution in [0.4, 0.5) is 5.69 Å². The van der Waals surface area contributed by atoms with Gasteiger partial charge in [0.1, 0.15) is 0 Å². The van der Waals surface area contributed by atoms with E-state index < -0.39 is 0 Å². The van der Waals surface area contributed by atoms with Crippen molar-refractivity contribution in [2.24, 2.45) is 0 Å². The fourth-order valence-corrected chi connectivity index (χ4v) is 2.00. The summed E-state index contributed by atoms with van der Waals surface area (Å²) in [6.45, 7) is 4.58. The number of benzene rings is 1. The summed E-state index contributed by atoms with van der Waals surface area (Å²) in [5, 5.41) is 3.02. The van der Waals surface area contributed by atoms with Crippen LogP contribution in [0.3, 0.4) is 0 Å². The number of ether oxygens (including phenoxy) is 1. The van der Waals surface area contributed by atoms with E-state index in [0.717, 1.165) is 24.8 Å². The highest BCUT2D eigenvalue weighted by Gasteiger charge is 2.15. The van der Waals surface area contributed by atoms with Crippen LogP contribution in [0.15, 0.2) is 18.2 Å². The van der Waals surface area contributed by atoms with Crippen molar-refractivity contribution < 1.29 is 9.53 Å². The van der Waals surface area contributed by atoms with Crippen molar-refractivity contribution in [3.63, 3.8) is 0 Å². The van der Waals surface area contributed by atoms with E-state index in [-0.39, 0.29) is 24.4 Å². The molecule has 114 valence electrons. The second-order valence-corrected chi connectivity index (χ2v) is 4.84. The first-order valence-electron chi connectivity index (χ1n) is 6.74. The van der Waals surface area contributed by atoms with Crippen LogP contribution < -0.4 is 11.1 Å². The highest BCUT2D eigenvalue weighted by molar-refractivity contribution is 5.96. The highest BCUT2D eigenvalue weighted by atomic mass is 35.5. The van der Waals surface area contributed by atoms with Crippen molar-refractivity contribution in [3.8, 4) is 0 Å². The molecular formula is C15H25ClN2O2. The summed E-state index contributed by atoms with van der Waals surface area (Å²) >= 11 is 0. The minimum Gasteiger partial charge on any atom is -0.399 e. The largest absolute Gasteiger partial charge is 0.399 e. The van der Waals surface area contributed by atoms with Gasteiger partial charge >= 0.3 is 0 Å². The smallest absolute Gasteiger partial charge is 0.251 e. The molecule has 0 fully saturated rings. The fourth-order valence-electron chi connectivity index (χ4n) is 2.00. The lowest BCUT2D eigenvalue weighted by Crippen LogP contribution is -2.38. The van der Waals surface area contributed by atoms with Gasteiger partial charge in [-0.05, 0) is 31.0 Å². The van der Waals surface area contributed by atoms with Crippen LogP contribution in [0.1, 0.15) is 42.1 Å². The maximum Gasteiger partial charge on any atom is 0.251 e. The van der Waals surface area contributed by atoms with E-state index in [9.17, 15) is 4.79 Å². The molecule has 0 aromatic heterocycles. The average Bonchev–Trinajstić information content (AvgIpc) is 2.39. The summed E-state index contributed by atoms with van der Waals surface area (Å²) in [7, 11) is 1.65. The Bertz CT molecular complexity index is 424. The number of hydrogen-bond donors (Lipinski definition) is 2. The maximum absolute atomic E-state index is 12.2. The number of amides is 1. The van der Waals surface area contributed by atoms with Gasteiger partial charge in [0, 0.05) is 18.4 Å². The van der Waals surface area contributed by atoms with E-state index in [1.54, 1.807) is 19.2 Å². The molecular weight excluding hydrogens is 276 g/mol. The van der Waals surface area contributed by atoms with Crippen LogP contribution in [0.2, 0.25) is 0 Å². The molecule has 0 aliphatic heterocycles. The normalized spacial score (nSPS) is 11.6. The van der Waals surface area contributed by atoms with Crippen molar-refractivity contribution >= 4 is 24.0 Å². The minimum atomic E-state index is -0.0806. The third-order valence-electron chi connectivity index (χ3n) is 3.12. The molecule has 0 radical (unpaired) electrons. The summed E-state index contributed by atoms with van der Waals surface area (Å²) in [5.74, 6) is -0.0806. The van der Waals surface area contributed by atoms with E-state index >= 15 is 0 Å². The number of nitrogens with two attached hydrogens (primary N) is 1. The van der Waals surface area contributed by atoms with Crippen molar-refractivity contribution in [2.45, 2.75) is 39.2 Å². The Hall–Kier alpha value is -1.26. The summed E-state index contributed by atoms with van der Waals surface area (Å²) in [6, 6.07) is 5.43. The van der Waals surface area contributed by atoms with Crippen molar-refractivity contribution in [1.29, 1.82) is 0 Å². The molecule has 1 atom stereocenters. The molecule has 0 heterocycles. The van der Waals surface area contributed by atoms with Gasteiger partial charge in [0.25, 0.3) is 5.91 Å². The summed E-state index contributed by atoms with van der Waals surface area (Å²) < 4.78 is 5.15. The van der Waals surface area contributed by atoms with Gasteiger partial charge < -0.3 is 15.8 Å². The average molecular weight is 301 g/mol. The lowest BCUT2D eigenvalue weighted by Gasteiger charge is -2.18. The number of nitrogens with one attached hydrogen (secondary N) is 1. The Morgan fingerprint density at radius 2 is 2.15 bits per heavy atom. The lowest BCUT2D eigenvalue weighted by atomic mass is 10.1. The third kappa shape index (κ3) is 5.80. The third-order valence-corrected chi connectivity index (χ3v) is 3.12. The predicted molar refractivity (Wildman–Crippen MR) is 85.5 cm³/mol. The topological polar surface area (TPSA) is 64.3 Å². The van der Waals surface area contributed by atoms with E-state index in [1.165, 1.54) is 0 Å². The Morgan fingerprint density at radius 3 is 2.75 bits per heavy atom. The van der Waals surface area contributed by atoms with E-state index in [1.807, 2.05) is 13.0 Å². The number of carbonyl (C=O) groups is 1. The summed E-state index contributed by atoms with van der Waals surface area (Å²) in [4.78, 5) is 12.2. The van der Waals surface area contributed by atoms with Gasteiger partial charge in [0.15, 0.2) is 0 Å². The SMILES string of the molecule is CCCCC(COC)NC(=O)c1cc(N)ccc1C.Cl.